The molecule has 4 rings (SSSR count). The van der Waals surface area contributed by atoms with E-state index in [1.165, 1.54) is 11.1 Å². The second-order valence-corrected chi connectivity index (χ2v) is 8.06. The molecule has 32 heavy (non-hydrogen) atoms. The Labute approximate surface area is 187 Å². The highest BCUT2D eigenvalue weighted by Gasteiger charge is 2.18. The molecule has 0 saturated heterocycles. The lowest BCUT2D eigenvalue weighted by Gasteiger charge is -2.16. The van der Waals surface area contributed by atoms with Crippen LogP contribution in [0.25, 0.3) is 16.7 Å². The SMILES string of the molecule is CCc1ccc(-n2c(=O)c3cccnc3n2CC(=O)N[C@@H](C)CCc2ccccc2)cc1. The highest BCUT2D eigenvalue weighted by atomic mass is 16.2. The van der Waals surface area contributed by atoms with E-state index in [0.29, 0.717) is 11.0 Å². The second-order valence-electron chi connectivity index (χ2n) is 8.06. The van der Waals surface area contributed by atoms with Crippen LogP contribution in [0, 0.1) is 0 Å². The number of amides is 1. The lowest BCUT2D eigenvalue weighted by Crippen LogP contribution is -2.37. The van der Waals surface area contributed by atoms with Crippen molar-refractivity contribution >= 4 is 16.9 Å². The third kappa shape index (κ3) is 4.64. The first-order chi connectivity index (χ1) is 15.6. The zero-order valence-electron chi connectivity index (χ0n) is 18.5. The highest BCUT2D eigenvalue weighted by Crippen LogP contribution is 2.15. The van der Waals surface area contributed by atoms with E-state index in [0.717, 1.165) is 24.9 Å². The van der Waals surface area contributed by atoms with Gasteiger partial charge < -0.3 is 5.32 Å². The van der Waals surface area contributed by atoms with Gasteiger partial charge in [-0.25, -0.2) is 9.67 Å². The first-order valence-electron chi connectivity index (χ1n) is 11.1. The summed E-state index contributed by atoms with van der Waals surface area (Å²) in [5.41, 5.74) is 3.48. The van der Waals surface area contributed by atoms with Crippen molar-refractivity contribution in [1.29, 1.82) is 0 Å². The number of aromatic nitrogens is 3. The van der Waals surface area contributed by atoms with E-state index in [9.17, 15) is 9.59 Å². The number of rotatable bonds is 8. The van der Waals surface area contributed by atoms with Crippen molar-refractivity contribution in [1.82, 2.24) is 19.7 Å². The largest absolute Gasteiger partial charge is 0.352 e. The zero-order valence-corrected chi connectivity index (χ0v) is 18.5. The summed E-state index contributed by atoms with van der Waals surface area (Å²) in [5.74, 6) is -0.146. The zero-order chi connectivity index (χ0) is 22.5. The summed E-state index contributed by atoms with van der Waals surface area (Å²) in [6, 6.07) is 21.6. The number of aryl methyl sites for hydroxylation is 2. The Morgan fingerprint density at radius 1 is 1.00 bits per heavy atom. The summed E-state index contributed by atoms with van der Waals surface area (Å²) in [7, 11) is 0. The molecular weight excluding hydrogens is 400 g/mol. The summed E-state index contributed by atoms with van der Waals surface area (Å²) in [6.07, 6.45) is 4.29. The Hall–Kier alpha value is -3.67. The molecule has 4 aromatic rings. The molecule has 6 nitrogen and oxygen atoms in total. The van der Waals surface area contributed by atoms with E-state index in [-0.39, 0.29) is 24.1 Å². The standard InChI is InChI=1S/C26H28N4O2/c1-3-20-13-15-22(16-14-20)30-26(32)23-10-7-17-27-25(23)29(30)18-24(31)28-19(2)11-12-21-8-5-4-6-9-21/h4-10,13-17,19H,3,11-12,18H2,1-2H3,(H,28,31)/t19-/m0/s1. The predicted octanol–water partition coefficient (Wildman–Crippen LogP) is 3.89. The minimum Gasteiger partial charge on any atom is -0.352 e. The normalized spacial score (nSPS) is 12.1. The van der Waals surface area contributed by atoms with Crippen molar-refractivity contribution in [2.45, 2.75) is 45.7 Å². The maximum Gasteiger partial charge on any atom is 0.280 e. The van der Waals surface area contributed by atoms with Crippen LogP contribution in [-0.4, -0.2) is 26.3 Å². The summed E-state index contributed by atoms with van der Waals surface area (Å²) >= 11 is 0. The van der Waals surface area contributed by atoms with Gasteiger partial charge in [0.15, 0.2) is 5.65 Å². The van der Waals surface area contributed by atoms with Crippen LogP contribution in [0.3, 0.4) is 0 Å². The number of nitrogens with zero attached hydrogens (tertiary/aromatic N) is 3. The number of nitrogens with one attached hydrogen (secondary N) is 1. The fourth-order valence-electron chi connectivity index (χ4n) is 3.92. The first-order valence-corrected chi connectivity index (χ1v) is 11.1. The van der Waals surface area contributed by atoms with Crippen LogP contribution in [0.4, 0.5) is 0 Å². The van der Waals surface area contributed by atoms with Crippen LogP contribution in [-0.2, 0) is 24.2 Å². The second kappa shape index (κ2) is 9.64. The third-order valence-electron chi connectivity index (χ3n) is 5.69. The van der Waals surface area contributed by atoms with Gasteiger partial charge in [0, 0.05) is 12.2 Å². The van der Waals surface area contributed by atoms with E-state index in [1.54, 1.807) is 27.7 Å². The molecule has 0 saturated carbocycles. The summed E-state index contributed by atoms with van der Waals surface area (Å²) in [6.45, 7) is 4.11. The summed E-state index contributed by atoms with van der Waals surface area (Å²) in [5, 5.41) is 3.56. The molecule has 0 bridgehead atoms. The van der Waals surface area contributed by atoms with Gasteiger partial charge in [-0.1, -0.05) is 49.4 Å². The molecule has 6 heteroatoms. The van der Waals surface area contributed by atoms with Crippen LogP contribution >= 0.6 is 0 Å². The van der Waals surface area contributed by atoms with E-state index in [1.807, 2.05) is 49.4 Å². The topological polar surface area (TPSA) is 68.9 Å². The Bertz CT molecular complexity index is 1260. The van der Waals surface area contributed by atoms with Crippen LogP contribution < -0.4 is 10.9 Å². The first kappa shape index (κ1) is 21.6. The van der Waals surface area contributed by atoms with E-state index >= 15 is 0 Å². The third-order valence-corrected chi connectivity index (χ3v) is 5.69. The molecule has 164 valence electrons. The molecule has 2 aromatic heterocycles. The number of hydrogen-bond acceptors (Lipinski definition) is 3. The molecule has 0 aliphatic carbocycles. The van der Waals surface area contributed by atoms with E-state index in [2.05, 4.69) is 29.4 Å². The number of carbonyl (C=O) groups is 1. The van der Waals surface area contributed by atoms with Crippen LogP contribution in [0.1, 0.15) is 31.4 Å². The summed E-state index contributed by atoms with van der Waals surface area (Å²) in [4.78, 5) is 30.4. The number of fused-ring (bicyclic) bond motifs is 1. The van der Waals surface area contributed by atoms with Crippen LogP contribution in [0.15, 0.2) is 77.7 Å². The predicted molar refractivity (Wildman–Crippen MR) is 127 cm³/mol. The Morgan fingerprint density at radius 2 is 1.75 bits per heavy atom. The molecule has 0 aliphatic rings. The summed E-state index contributed by atoms with van der Waals surface area (Å²) < 4.78 is 3.21. The molecule has 0 radical (unpaired) electrons. The smallest absolute Gasteiger partial charge is 0.280 e. The average Bonchev–Trinajstić information content (AvgIpc) is 3.10. The average molecular weight is 429 g/mol. The van der Waals surface area contributed by atoms with Gasteiger partial charge in [-0.3, -0.25) is 14.3 Å². The van der Waals surface area contributed by atoms with Crippen molar-refractivity contribution in [2.24, 2.45) is 0 Å². The molecular formula is C26H28N4O2. The van der Waals surface area contributed by atoms with Gasteiger partial charge in [0.05, 0.1) is 11.1 Å². The van der Waals surface area contributed by atoms with Gasteiger partial charge in [0.2, 0.25) is 5.91 Å². The molecule has 0 spiro atoms. The highest BCUT2D eigenvalue weighted by molar-refractivity contribution is 5.80. The molecule has 1 atom stereocenters. The Balaban J connectivity index is 1.56. The number of pyridine rings is 1. The molecule has 1 amide bonds. The minimum atomic E-state index is -0.178. The minimum absolute atomic E-state index is 0.0148. The fourth-order valence-corrected chi connectivity index (χ4v) is 3.92. The quantitative estimate of drug-likeness (QED) is 0.463. The van der Waals surface area contributed by atoms with Gasteiger partial charge >= 0.3 is 0 Å². The van der Waals surface area contributed by atoms with Gasteiger partial charge in [0.25, 0.3) is 5.56 Å². The molecule has 2 heterocycles. The lowest BCUT2D eigenvalue weighted by atomic mass is 10.1. The van der Waals surface area contributed by atoms with Crippen LogP contribution in [0.2, 0.25) is 0 Å². The van der Waals surface area contributed by atoms with E-state index in [4.69, 9.17) is 0 Å². The number of hydrogen-bond donors (Lipinski definition) is 1. The lowest BCUT2D eigenvalue weighted by molar-refractivity contribution is -0.122. The Kier molecular flexibility index (Phi) is 6.50. The molecule has 0 aliphatic heterocycles. The van der Waals surface area contributed by atoms with Crippen molar-refractivity contribution in [3.05, 3.63) is 94.4 Å². The fraction of sp³-hybridized carbons (Fsp3) is 0.269. The maximum atomic E-state index is 13.1. The molecule has 2 aromatic carbocycles. The number of carbonyl (C=O) groups excluding carboxylic acids is 1. The monoisotopic (exact) mass is 428 g/mol. The van der Waals surface area contributed by atoms with Gasteiger partial charge in [-0.2, -0.15) is 0 Å². The Morgan fingerprint density at radius 3 is 2.47 bits per heavy atom. The van der Waals surface area contributed by atoms with Gasteiger partial charge in [0.1, 0.15) is 6.54 Å². The van der Waals surface area contributed by atoms with Crippen LogP contribution in [0.5, 0.6) is 0 Å². The van der Waals surface area contributed by atoms with E-state index < -0.39 is 0 Å². The molecule has 0 unspecified atom stereocenters. The molecule has 1 N–H and O–H groups in total. The maximum absolute atomic E-state index is 13.1. The van der Waals surface area contributed by atoms with Crippen molar-refractivity contribution < 1.29 is 4.79 Å². The van der Waals surface area contributed by atoms with Gasteiger partial charge in [-0.15, -0.1) is 0 Å². The van der Waals surface area contributed by atoms with Crippen molar-refractivity contribution in [3.8, 4) is 5.69 Å². The van der Waals surface area contributed by atoms with Gasteiger partial charge in [-0.05, 0) is 61.6 Å². The van der Waals surface area contributed by atoms with Crippen molar-refractivity contribution in [2.75, 3.05) is 0 Å². The molecule has 0 fully saturated rings. The number of benzene rings is 2. The van der Waals surface area contributed by atoms with Crippen molar-refractivity contribution in [3.63, 3.8) is 0 Å².